The van der Waals surface area contributed by atoms with Gasteiger partial charge in [0.15, 0.2) is 4.90 Å². The fourth-order valence-corrected chi connectivity index (χ4v) is 2.99. The Hall–Kier alpha value is -1.19. The lowest BCUT2D eigenvalue weighted by atomic mass is 10.2. The van der Waals surface area contributed by atoms with Crippen LogP contribution in [0.1, 0.15) is 5.56 Å². The van der Waals surface area contributed by atoms with E-state index in [1.165, 1.54) is 4.90 Å². The summed E-state index contributed by atoms with van der Waals surface area (Å²) in [6, 6.07) is 17.5. The second-order valence-electron chi connectivity index (χ2n) is 3.86. The molecule has 0 aliphatic rings. The van der Waals surface area contributed by atoms with E-state index in [9.17, 15) is 5.11 Å². The maximum absolute atomic E-state index is 12.1. The van der Waals surface area contributed by atoms with Crippen LogP contribution in [-0.4, -0.2) is 6.26 Å². The highest BCUT2D eigenvalue weighted by Crippen LogP contribution is 2.18. The number of hydrogen-bond donors (Lipinski definition) is 0. The smallest absolute Gasteiger partial charge is 0.159 e. The highest BCUT2D eigenvalue weighted by atomic mass is 79.9. The zero-order chi connectivity index (χ0) is 13.0. The summed E-state index contributed by atoms with van der Waals surface area (Å²) in [5, 5.41) is 13.9. The minimum atomic E-state index is -0.156. The fourth-order valence-electron chi connectivity index (χ4n) is 1.55. The van der Waals surface area contributed by atoms with Crippen LogP contribution in [0.5, 0.6) is 0 Å². The van der Waals surface area contributed by atoms with Crippen molar-refractivity contribution in [3.05, 3.63) is 70.0 Å². The van der Waals surface area contributed by atoms with E-state index in [2.05, 4.69) is 34.3 Å². The molecule has 0 saturated carbocycles. The van der Waals surface area contributed by atoms with Crippen LogP contribution in [0, 0.1) is 0 Å². The third-order valence-corrected chi connectivity index (χ3v) is 4.64. The Morgan fingerprint density at radius 1 is 1.06 bits per heavy atom. The molecule has 92 valence electrons. The van der Waals surface area contributed by atoms with Crippen LogP contribution in [-0.2, 0) is 10.9 Å². The van der Waals surface area contributed by atoms with Crippen molar-refractivity contribution in [1.29, 1.82) is 0 Å². The fraction of sp³-hybridized carbons (Fsp3) is 0.0667. The lowest BCUT2D eigenvalue weighted by molar-refractivity contribution is -0.243. The summed E-state index contributed by atoms with van der Waals surface area (Å²) >= 11 is 3.36. The summed E-state index contributed by atoms with van der Waals surface area (Å²) in [7, 11) is -0.156. The lowest BCUT2D eigenvalue weighted by Crippen LogP contribution is -2.06. The molecule has 0 fully saturated rings. The SMILES string of the molecule is C[S+](/C=C(\[O-])c1ccc(Br)cc1)c1ccccc1. The molecule has 0 heterocycles. The summed E-state index contributed by atoms with van der Waals surface area (Å²) in [6.45, 7) is 0. The molecule has 0 spiro atoms. The number of hydrogen-bond acceptors (Lipinski definition) is 1. The van der Waals surface area contributed by atoms with Crippen LogP contribution >= 0.6 is 15.9 Å². The monoisotopic (exact) mass is 320 g/mol. The van der Waals surface area contributed by atoms with Gasteiger partial charge in [-0.05, 0) is 29.8 Å². The summed E-state index contributed by atoms with van der Waals surface area (Å²) < 4.78 is 0.984. The molecule has 2 aromatic rings. The standard InChI is InChI=1S/C15H13BrOS/c1-18(14-5-3-2-4-6-14)11-15(17)12-7-9-13(16)10-8-12/h2-11H,1H3/b15-11-. The average Bonchev–Trinajstić information content (AvgIpc) is 2.40. The van der Waals surface area contributed by atoms with Crippen LogP contribution in [0.3, 0.4) is 0 Å². The summed E-state index contributed by atoms with van der Waals surface area (Å²) in [5.41, 5.74) is 0.730. The van der Waals surface area contributed by atoms with E-state index in [0.717, 1.165) is 10.0 Å². The maximum atomic E-state index is 12.1. The maximum Gasteiger partial charge on any atom is 0.159 e. The van der Waals surface area contributed by atoms with E-state index in [0.29, 0.717) is 0 Å². The second-order valence-corrected chi connectivity index (χ2v) is 6.60. The molecule has 18 heavy (non-hydrogen) atoms. The van der Waals surface area contributed by atoms with Gasteiger partial charge in [0, 0.05) is 4.47 Å². The molecule has 0 radical (unpaired) electrons. The van der Waals surface area contributed by atoms with Gasteiger partial charge in [0.1, 0.15) is 11.7 Å². The average molecular weight is 321 g/mol. The summed E-state index contributed by atoms with van der Waals surface area (Å²) in [6.07, 6.45) is 2.06. The first-order chi connectivity index (χ1) is 8.66. The Kier molecular flexibility index (Phi) is 4.50. The largest absolute Gasteiger partial charge is 0.869 e. The Morgan fingerprint density at radius 2 is 1.67 bits per heavy atom. The molecule has 0 N–H and O–H groups in total. The summed E-state index contributed by atoms with van der Waals surface area (Å²) in [5.74, 6) is 0.0807. The van der Waals surface area contributed by atoms with Crippen molar-refractivity contribution in [1.82, 2.24) is 0 Å². The van der Waals surface area contributed by atoms with Gasteiger partial charge in [0.2, 0.25) is 0 Å². The highest BCUT2D eigenvalue weighted by Gasteiger charge is 2.10. The van der Waals surface area contributed by atoms with E-state index in [4.69, 9.17) is 0 Å². The molecule has 0 aromatic heterocycles. The molecule has 3 heteroatoms. The van der Waals surface area contributed by atoms with E-state index >= 15 is 0 Å². The van der Waals surface area contributed by atoms with Crippen LogP contribution in [0.4, 0.5) is 0 Å². The van der Waals surface area contributed by atoms with E-state index in [1.807, 2.05) is 42.5 Å². The predicted octanol–water partition coefficient (Wildman–Crippen LogP) is 3.42. The zero-order valence-electron chi connectivity index (χ0n) is 9.97. The summed E-state index contributed by atoms with van der Waals surface area (Å²) in [4.78, 5) is 1.18. The van der Waals surface area contributed by atoms with E-state index < -0.39 is 0 Å². The van der Waals surface area contributed by atoms with Crippen LogP contribution in [0.25, 0.3) is 5.76 Å². The van der Waals surface area contributed by atoms with Crippen LogP contribution in [0.15, 0.2) is 69.4 Å². The van der Waals surface area contributed by atoms with Crippen LogP contribution < -0.4 is 5.11 Å². The minimum Gasteiger partial charge on any atom is -0.869 e. The molecule has 0 amide bonds. The normalized spacial score (nSPS) is 13.3. The number of halogens is 1. The molecule has 0 aliphatic carbocycles. The number of rotatable bonds is 3. The Bertz CT molecular complexity index is 534. The van der Waals surface area contributed by atoms with Crippen molar-refractivity contribution in [2.24, 2.45) is 0 Å². The molecule has 0 aliphatic heterocycles. The number of benzene rings is 2. The third kappa shape index (κ3) is 3.40. The zero-order valence-corrected chi connectivity index (χ0v) is 12.4. The van der Waals surface area contributed by atoms with Crippen LogP contribution in [0.2, 0.25) is 0 Å². The third-order valence-electron chi connectivity index (χ3n) is 2.53. The molecule has 1 unspecified atom stereocenters. The van der Waals surface area contributed by atoms with Gasteiger partial charge < -0.3 is 5.11 Å². The Balaban J connectivity index is 2.20. The quantitative estimate of drug-likeness (QED) is 0.627. The molecule has 2 rings (SSSR count). The van der Waals surface area contributed by atoms with Crippen molar-refractivity contribution in [2.45, 2.75) is 4.90 Å². The molecule has 0 bridgehead atoms. The Morgan fingerprint density at radius 3 is 2.28 bits per heavy atom. The first-order valence-electron chi connectivity index (χ1n) is 5.51. The first-order valence-corrected chi connectivity index (χ1v) is 8.00. The second kappa shape index (κ2) is 6.12. The van der Waals surface area contributed by atoms with E-state index in [-0.39, 0.29) is 16.7 Å². The minimum absolute atomic E-state index is 0.0807. The highest BCUT2D eigenvalue weighted by molar-refractivity contribution is 9.10. The van der Waals surface area contributed by atoms with Crippen molar-refractivity contribution in [2.75, 3.05) is 6.26 Å². The molecule has 0 saturated heterocycles. The van der Waals surface area contributed by atoms with Crippen molar-refractivity contribution in [3.8, 4) is 0 Å². The van der Waals surface area contributed by atoms with E-state index in [1.54, 1.807) is 5.41 Å². The topological polar surface area (TPSA) is 23.1 Å². The molecular weight excluding hydrogens is 308 g/mol. The van der Waals surface area contributed by atoms with Gasteiger partial charge in [-0.25, -0.2) is 0 Å². The first kappa shape index (κ1) is 13.2. The van der Waals surface area contributed by atoms with Crippen molar-refractivity contribution < 1.29 is 5.11 Å². The Labute approximate surface area is 119 Å². The predicted molar refractivity (Wildman–Crippen MR) is 80.1 cm³/mol. The van der Waals surface area contributed by atoms with Crippen molar-refractivity contribution >= 4 is 32.6 Å². The van der Waals surface area contributed by atoms with Gasteiger partial charge >= 0.3 is 0 Å². The molecule has 1 nitrogen and oxygen atoms in total. The van der Waals surface area contributed by atoms with Gasteiger partial charge in [-0.1, -0.05) is 52.0 Å². The molecule has 2 aromatic carbocycles. The van der Waals surface area contributed by atoms with Gasteiger partial charge in [0.05, 0.1) is 10.9 Å². The molecule has 1 atom stereocenters. The van der Waals surface area contributed by atoms with Gasteiger partial charge in [0.25, 0.3) is 0 Å². The molecular formula is C15H13BrOS. The lowest BCUT2D eigenvalue weighted by Gasteiger charge is -2.10. The van der Waals surface area contributed by atoms with Gasteiger partial charge in [-0.3, -0.25) is 0 Å². The van der Waals surface area contributed by atoms with Crippen molar-refractivity contribution in [3.63, 3.8) is 0 Å². The van der Waals surface area contributed by atoms with Gasteiger partial charge in [-0.15, -0.1) is 0 Å². The van der Waals surface area contributed by atoms with Gasteiger partial charge in [-0.2, -0.15) is 0 Å².